The van der Waals surface area contributed by atoms with Crippen LogP contribution in [0.5, 0.6) is 5.75 Å². The van der Waals surface area contributed by atoms with Crippen LogP contribution in [0.2, 0.25) is 0 Å². The molecule has 4 aromatic rings. The molecule has 0 amide bonds. The molecule has 0 bridgehead atoms. The van der Waals surface area contributed by atoms with Gasteiger partial charge in [-0.3, -0.25) is 0 Å². The Hall–Kier alpha value is -3.61. The first-order valence-corrected chi connectivity index (χ1v) is 8.72. The quantitative estimate of drug-likeness (QED) is 0.352. The molecule has 0 atom stereocenters. The van der Waals surface area contributed by atoms with Crippen molar-refractivity contribution in [3.63, 3.8) is 0 Å². The van der Waals surface area contributed by atoms with Crippen LogP contribution in [0.4, 0.5) is 13.2 Å². The number of nitrogens with zero attached hydrogens (tertiary/aromatic N) is 2. The summed E-state index contributed by atoms with van der Waals surface area (Å²) >= 11 is 0. The summed E-state index contributed by atoms with van der Waals surface area (Å²) in [7, 11) is 1.50. The van der Waals surface area contributed by atoms with E-state index >= 15 is 0 Å². The number of ether oxygens (including phenoxy) is 1. The summed E-state index contributed by atoms with van der Waals surface area (Å²) in [5.74, 6) is 0.496. The summed E-state index contributed by atoms with van der Waals surface area (Å²) in [4.78, 5) is 4.35. The Morgan fingerprint density at radius 2 is 1.76 bits per heavy atom. The lowest BCUT2D eigenvalue weighted by Crippen LogP contribution is -2.29. The van der Waals surface area contributed by atoms with E-state index in [-0.39, 0.29) is 5.69 Å². The molecule has 0 spiro atoms. The third-order valence-corrected chi connectivity index (χ3v) is 4.67. The van der Waals surface area contributed by atoms with E-state index in [1.807, 2.05) is 0 Å². The maximum Gasteiger partial charge on any atom is 0.416 e. The number of methoxy groups -OCH3 is 1. The molecule has 0 saturated carbocycles. The van der Waals surface area contributed by atoms with Gasteiger partial charge in [0.2, 0.25) is 0 Å². The van der Waals surface area contributed by atoms with Crippen molar-refractivity contribution in [3.8, 4) is 28.1 Å². The van der Waals surface area contributed by atoms with E-state index in [0.29, 0.717) is 38.1 Å². The summed E-state index contributed by atoms with van der Waals surface area (Å²) in [5.41, 5.74) is 1.40. The monoisotopic (exact) mass is 396 g/mol. The van der Waals surface area contributed by atoms with Gasteiger partial charge < -0.3 is 9.94 Å². The van der Waals surface area contributed by atoms with Gasteiger partial charge in [-0.2, -0.15) is 17.9 Å². The van der Waals surface area contributed by atoms with Crippen LogP contribution in [0, 0.1) is 5.21 Å². The first-order valence-electron chi connectivity index (χ1n) is 8.72. The minimum Gasteiger partial charge on any atom is -0.618 e. The van der Waals surface area contributed by atoms with Crippen molar-refractivity contribution in [2.75, 3.05) is 7.11 Å². The fourth-order valence-corrected chi connectivity index (χ4v) is 3.35. The standard InChI is InChI=1S/C22H15F3N2O2/c1-29-19-8-3-2-7-18(19)21-20-17(10-12-27(21)28)16(9-11-26-20)14-5-4-6-15(13-14)22(23,24)25/h2-13H,1H3. The molecule has 0 aliphatic rings. The van der Waals surface area contributed by atoms with Gasteiger partial charge >= 0.3 is 6.18 Å². The molecule has 146 valence electrons. The van der Waals surface area contributed by atoms with Gasteiger partial charge in [0.05, 0.1) is 18.2 Å². The largest absolute Gasteiger partial charge is 0.618 e. The van der Waals surface area contributed by atoms with Gasteiger partial charge in [0.1, 0.15) is 11.3 Å². The van der Waals surface area contributed by atoms with E-state index in [1.54, 1.807) is 42.5 Å². The van der Waals surface area contributed by atoms with E-state index in [9.17, 15) is 18.4 Å². The molecule has 4 rings (SSSR count). The van der Waals surface area contributed by atoms with E-state index in [4.69, 9.17) is 4.74 Å². The molecule has 7 heteroatoms. The zero-order valence-corrected chi connectivity index (χ0v) is 15.3. The molecule has 0 aliphatic heterocycles. The van der Waals surface area contributed by atoms with Crippen molar-refractivity contribution in [3.05, 3.63) is 83.8 Å². The summed E-state index contributed by atoms with van der Waals surface area (Å²) in [5, 5.41) is 13.2. The lowest BCUT2D eigenvalue weighted by molar-refractivity contribution is -0.592. The number of fused-ring (bicyclic) bond motifs is 1. The molecule has 0 aliphatic carbocycles. The SMILES string of the molecule is COc1ccccc1-c1c2nccc(-c3cccc(C(F)(F)F)c3)c2cc[n+]1[O-]. The number of halogens is 3. The number of para-hydroxylation sites is 1. The Kier molecular flexibility index (Phi) is 4.58. The van der Waals surface area contributed by atoms with Crippen molar-refractivity contribution in [2.45, 2.75) is 6.18 Å². The second kappa shape index (κ2) is 7.09. The topological polar surface area (TPSA) is 49.1 Å². The predicted octanol–water partition coefficient (Wildman–Crippen LogP) is 5.23. The zero-order chi connectivity index (χ0) is 20.6. The van der Waals surface area contributed by atoms with E-state index in [1.165, 1.54) is 25.6 Å². The highest BCUT2D eigenvalue weighted by molar-refractivity contribution is 6.00. The summed E-state index contributed by atoms with van der Waals surface area (Å²) in [6, 6.07) is 15.3. The van der Waals surface area contributed by atoms with Crippen molar-refractivity contribution in [2.24, 2.45) is 0 Å². The number of rotatable bonds is 3. The van der Waals surface area contributed by atoms with Gasteiger partial charge in [-0.05, 0) is 41.5 Å². The first-order chi connectivity index (χ1) is 13.9. The van der Waals surface area contributed by atoms with Gasteiger partial charge in [0, 0.05) is 17.6 Å². The normalized spacial score (nSPS) is 11.6. The Morgan fingerprint density at radius 3 is 2.52 bits per heavy atom. The molecule has 0 saturated heterocycles. The average molecular weight is 396 g/mol. The van der Waals surface area contributed by atoms with Crippen LogP contribution in [0.15, 0.2) is 73.1 Å². The van der Waals surface area contributed by atoms with Gasteiger partial charge in [-0.1, -0.05) is 24.3 Å². The van der Waals surface area contributed by atoms with E-state index in [2.05, 4.69) is 4.98 Å². The van der Waals surface area contributed by atoms with Crippen LogP contribution in [0.25, 0.3) is 33.3 Å². The molecule has 0 fully saturated rings. The minimum absolute atomic E-state index is 0.272. The third-order valence-electron chi connectivity index (χ3n) is 4.67. The molecule has 0 unspecified atom stereocenters. The Bertz CT molecular complexity index is 1210. The maximum atomic E-state index is 13.1. The molecular weight excluding hydrogens is 381 g/mol. The summed E-state index contributed by atoms with van der Waals surface area (Å²) < 4.78 is 45.5. The molecule has 2 aromatic heterocycles. The third kappa shape index (κ3) is 3.35. The van der Waals surface area contributed by atoms with Crippen LogP contribution in [-0.4, -0.2) is 12.1 Å². The lowest BCUT2D eigenvalue weighted by atomic mass is 9.98. The Labute approximate surface area is 164 Å². The van der Waals surface area contributed by atoms with Gasteiger partial charge in [0.15, 0.2) is 6.20 Å². The van der Waals surface area contributed by atoms with Crippen molar-refractivity contribution >= 4 is 10.9 Å². The van der Waals surface area contributed by atoms with Crippen molar-refractivity contribution in [1.82, 2.24) is 4.98 Å². The zero-order valence-electron chi connectivity index (χ0n) is 15.3. The smallest absolute Gasteiger partial charge is 0.416 e. The molecule has 0 radical (unpaired) electrons. The molecule has 29 heavy (non-hydrogen) atoms. The number of aromatic nitrogens is 2. The van der Waals surface area contributed by atoms with Crippen LogP contribution >= 0.6 is 0 Å². The van der Waals surface area contributed by atoms with Crippen LogP contribution in [0.1, 0.15) is 5.56 Å². The van der Waals surface area contributed by atoms with Gasteiger partial charge in [-0.25, -0.2) is 4.98 Å². The fourth-order valence-electron chi connectivity index (χ4n) is 3.35. The van der Waals surface area contributed by atoms with Crippen molar-refractivity contribution < 1.29 is 22.6 Å². The number of pyridine rings is 2. The first kappa shape index (κ1) is 18.7. The average Bonchev–Trinajstić information content (AvgIpc) is 2.72. The Balaban J connectivity index is 1.99. The summed E-state index contributed by atoms with van der Waals surface area (Å²) in [6.45, 7) is 0. The molecular formula is C22H15F3N2O2. The fraction of sp³-hybridized carbons (Fsp3) is 0.0909. The van der Waals surface area contributed by atoms with Crippen LogP contribution in [0.3, 0.4) is 0 Å². The maximum absolute atomic E-state index is 13.1. The number of benzene rings is 2. The Morgan fingerprint density at radius 1 is 0.966 bits per heavy atom. The minimum atomic E-state index is -4.44. The molecule has 0 N–H and O–H groups in total. The molecule has 2 heterocycles. The predicted molar refractivity (Wildman–Crippen MR) is 103 cm³/mol. The van der Waals surface area contributed by atoms with Crippen molar-refractivity contribution in [1.29, 1.82) is 0 Å². The van der Waals surface area contributed by atoms with Crippen LogP contribution < -0.4 is 9.47 Å². The lowest BCUT2D eigenvalue weighted by Gasteiger charge is -2.13. The number of hydrogen-bond acceptors (Lipinski definition) is 3. The highest BCUT2D eigenvalue weighted by atomic mass is 19.4. The van der Waals surface area contributed by atoms with Gasteiger partial charge in [-0.15, -0.1) is 0 Å². The number of hydrogen-bond donors (Lipinski definition) is 0. The molecule has 4 nitrogen and oxygen atoms in total. The second-order valence-corrected chi connectivity index (χ2v) is 6.39. The van der Waals surface area contributed by atoms with E-state index in [0.717, 1.165) is 12.1 Å². The number of alkyl halides is 3. The summed E-state index contributed by atoms with van der Waals surface area (Å²) in [6.07, 6.45) is -1.64. The molecule has 2 aromatic carbocycles. The highest BCUT2D eigenvalue weighted by Gasteiger charge is 2.30. The second-order valence-electron chi connectivity index (χ2n) is 6.39. The van der Waals surface area contributed by atoms with E-state index < -0.39 is 11.7 Å². The van der Waals surface area contributed by atoms with Gasteiger partial charge in [0.25, 0.3) is 5.69 Å². The highest BCUT2D eigenvalue weighted by Crippen LogP contribution is 2.37. The van der Waals surface area contributed by atoms with Crippen LogP contribution in [-0.2, 0) is 6.18 Å².